The molecule has 0 radical (unpaired) electrons. The first-order valence-corrected chi connectivity index (χ1v) is 7.72. The van der Waals surface area contributed by atoms with Crippen molar-refractivity contribution in [3.8, 4) is 11.4 Å². The Morgan fingerprint density at radius 3 is 2.75 bits per heavy atom. The lowest BCUT2D eigenvalue weighted by molar-refractivity contribution is 0.440. The zero-order chi connectivity index (χ0) is 14.5. The van der Waals surface area contributed by atoms with Gasteiger partial charge in [-0.05, 0) is 36.6 Å². The third kappa shape index (κ3) is 3.29. The van der Waals surface area contributed by atoms with Crippen LogP contribution in [0.2, 0.25) is 0 Å². The van der Waals surface area contributed by atoms with E-state index in [1.165, 1.54) is 11.3 Å². The van der Waals surface area contributed by atoms with Crippen LogP contribution in [0.1, 0.15) is 31.5 Å². The predicted molar refractivity (Wildman–Crippen MR) is 78.7 cm³/mol. The van der Waals surface area contributed by atoms with Crippen molar-refractivity contribution in [1.29, 1.82) is 0 Å². The molecule has 0 spiro atoms. The van der Waals surface area contributed by atoms with E-state index in [1.54, 1.807) is 18.2 Å². The monoisotopic (exact) mass is 292 g/mol. The van der Waals surface area contributed by atoms with Crippen molar-refractivity contribution in [1.82, 2.24) is 4.57 Å². The van der Waals surface area contributed by atoms with Gasteiger partial charge in [-0.15, -0.1) is 0 Å². The van der Waals surface area contributed by atoms with Crippen molar-refractivity contribution in [2.75, 3.05) is 0 Å². The van der Waals surface area contributed by atoms with Gasteiger partial charge in [0.2, 0.25) is 0 Å². The number of aromatic nitrogens is 1. The molecule has 0 bridgehead atoms. The zero-order valence-electron chi connectivity index (χ0n) is 11.7. The summed E-state index contributed by atoms with van der Waals surface area (Å²) >= 11 is -2.55. The molecule has 0 N–H and O–H groups in total. The fourth-order valence-electron chi connectivity index (χ4n) is 2.35. The average molecular weight is 292 g/mol. The van der Waals surface area contributed by atoms with E-state index in [9.17, 15) is 8.76 Å². The van der Waals surface area contributed by atoms with E-state index in [4.69, 9.17) is 4.18 Å². The fourth-order valence-corrected chi connectivity index (χ4v) is 2.61. The summed E-state index contributed by atoms with van der Waals surface area (Å²) in [7, 11) is 0. The molecule has 1 heterocycles. The van der Waals surface area contributed by atoms with Gasteiger partial charge in [-0.25, -0.2) is 4.21 Å². The molecule has 5 heteroatoms. The van der Waals surface area contributed by atoms with E-state index in [1.807, 2.05) is 12.3 Å². The molecule has 1 unspecified atom stereocenters. The Labute approximate surface area is 121 Å². The van der Waals surface area contributed by atoms with Crippen LogP contribution in [0.25, 0.3) is 5.69 Å². The molecule has 4 nitrogen and oxygen atoms in total. The molecule has 1 aromatic carbocycles. The first kappa shape index (κ1) is 14.8. The van der Waals surface area contributed by atoms with E-state index in [-0.39, 0.29) is 0 Å². The molecule has 0 fully saturated rings. The summed E-state index contributed by atoms with van der Waals surface area (Å²) in [5.41, 5.74) is 3.51. The molecule has 0 aliphatic heterocycles. The third-order valence-corrected chi connectivity index (χ3v) is 3.54. The van der Waals surface area contributed by atoms with Gasteiger partial charge in [-0.3, -0.25) is 0 Å². The van der Waals surface area contributed by atoms with Gasteiger partial charge in [-0.2, -0.15) is 0 Å². The molecular weight excluding hydrogens is 274 g/mol. The second kappa shape index (κ2) is 6.72. The van der Waals surface area contributed by atoms with Crippen molar-refractivity contribution in [3.63, 3.8) is 0 Å². The van der Waals surface area contributed by atoms with Crippen LogP contribution in [0, 0.1) is 0 Å². The highest BCUT2D eigenvalue weighted by Gasteiger charge is 2.09. The minimum Gasteiger partial charge on any atom is -0.740 e. The van der Waals surface area contributed by atoms with Crippen LogP contribution in [-0.2, 0) is 24.2 Å². The molecular formula is C15H18NO3S-. The second-order valence-corrected chi connectivity index (χ2v) is 5.12. The largest absolute Gasteiger partial charge is 0.740 e. The summed E-state index contributed by atoms with van der Waals surface area (Å²) in [5.74, 6) is 0.324. The number of aryl methyl sites for hydroxylation is 1. The second-order valence-electron chi connectivity index (χ2n) is 4.55. The van der Waals surface area contributed by atoms with Gasteiger partial charge in [0.05, 0.1) is 0 Å². The quantitative estimate of drug-likeness (QED) is 0.768. The Bertz CT molecular complexity index is 607. The minimum absolute atomic E-state index is 0.324. The highest BCUT2D eigenvalue weighted by molar-refractivity contribution is 7.74. The Hall–Kier alpha value is -1.59. The number of nitrogens with zero attached hydrogens (tertiary/aromatic N) is 1. The van der Waals surface area contributed by atoms with Gasteiger partial charge in [0.1, 0.15) is 17.1 Å². The van der Waals surface area contributed by atoms with Gasteiger partial charge < -0.3 is 13.3 Å². The molecule has 0 saturated carbocycles. The summed E-state index contributed by atoms with van der Waals surface area (Å²) in [4.78, 5) is 0. The average Bonchev–Trinajstić information content (AvgIpc) is 2.82. The fraction of sp³-hybridized carbons (Fsp3) is 0.333. The SMILES string of the molecule is CCCc1c(CC)ccn1-c1cccc(OS(=O)[O-])c1. The topological polar surface area (TPSA) is 54.3 Å². The maximum Gasteiger partial charge on any atom is 0.141 e. The molecule has 0 aliphatic carbocycles. The Balaban J connectivity index is 2.40. The van der Waals surface area contributed by atoms with Crippen molar-refractivity contribution in [3.05, 3.63) is 47.8 Å². The highest BCUT2D eigenvalue weighted by Crippen LogP contribution is 2.23. The Morgan fingerprint density at radius 1 is 1.30 bits per heavy atom. The smallest absolute Gasteiger partial charge is 0.141 e. The van der Waals surface area contributed by atoms with Gasteiger partial charge in [0, 0.05) is 23.6 Å². The maximum atomic E-state index is 10.6. The summed E-state index contributed by atoms with van der Waals surface area (Å²) in [6.45, 7) is 4.29. The summed E-state index contributed by atoms with van der Waals surface area (Å²) in [5, 5.41) is 0. The molecule has 0 saturated heterocycles. The van der Waals surface area contributed by atoms with Crippen molar-refractivity contribution >= 4 is 11.4 Å². The van der Waals surface area contributed by atoms with E-state index in [0.29, 0.717) is 5.75 Å². The van der Waals surface area contributed by atoms with E-state index >= 15 is 0 Å². The molecule has 20 heavy (non-hydrogen) atoms. The van der Waals surface area contributed by atoms with Gasteiger partial charge in [-0.1, -0.05) is 26.3 Å². The standard InChI is InChI=1S/C15H19NO3S/c1-3-6-15-12(4-2)9-10-16(15)13-7-5-8-14(11-13)19-20(17)18/h5,7-11H,3-4,6H2,1-2H3,(H,17,18)/p-1. The summed E-state index contributed by atoms with van der Waals surface area (Å²) in [6.07, 6.45) is 5.08. The van der Waals surface area contributed by atoms with Crippen LogP contribution in [-0.4, -0.2) is 13.3 Å². The van der Waals surface area contributed by atoms with Crippen LogP contribution in [0.5, 0.6) is 5.75 Å². The van der Waals surface area contributed by atoms with Gasteiger partial charge >= 0.3 is 0 Å². The highest BCUT2D eigenvalue weighted by atomic mass is 32.2. The molecule has 108 valence electrons. The molecule has 0 amide bonds. The van der Waals surface area contributed by atoms with Crippen LogP contribution in [0.4, 0.5) is 0 Å². The number of benzene rings is 1. The predicted octanol–water partition coefficient (Wildman–Crippen LogP) is 3.17. The summed E-state index contributed by atoms with van der Waals surface area (Å²) in [6, 6.07) is 9.21. The van der Waals surface area contributed by atoms with Crippen molar-refractivity contribution < 1.29 is 12.9 Å². The first-order chi connectivity index (χ1) is 9.65. The zero-order valence-corrected chi connectivity index (χ0v) is 12.5. The van der Waals surface area contributed by atoms with Crippen molar-refractivity contribution in [2.45, 2.75) is 33.1 Å². The molecule has 1 atom stereocenters. The normalized spacial score (nSPS) is 12.3. The van der Waals surface area contributed by atoms with Crippen LogP contribution in [0.3, 0.4) is 0 Å². The number of hydrogen-bond acceptors (Lipinski definition) is 3. The van der Waals surface area contributed by atoms with Gasteiger partial charge in [0.25, 0.3) is 0 Å². The lowest BCUT2D eigenvalue weighted by Crippen LogP contribution is -2.02. The molecule has 2 aromatic rings. The van der Waals surface area contributed by atoms with Crippen LogP contribution in [0.15, 0.2) is 36.5 Å². The first-order valence-electron chi connectivity index (χ1n) is 6.72. The van der Waals surface area contributed by atoms with E-state index in [2.05, 4.69) is 24.5 Å². The van der Waals surface area contributed by atoms with E-state index in [0.717, 1.165) is 24.9 Å². The molecule has 1 aromatic heterocycles. The lowest BCUT2D eigenvalue weighted by atomic mass is 10.1. The van der Waals surface area contributed by atoms with Crippen LogP contribution < -0.4 is 4.18 Å². The van der Waals surface area contributed by atoms with E-state index < -0.39 is 11.4 Å². The number of hydrogen-bond donors (Lipinski definition) is 0. The minimum atomic E-state index is -2.55. The van der Waals surface area contributed by atoms with Gasteiger partial charge in [0.15, 0.2) is 0 Å². The lowest BCUT2D eigenvalue weighted by Gasteiger charge is -2.13. The number of rotatable bonds is 6. The van der Waals surface area contributed by atoms with Crippen LogP contribution >= 0.6 is 0 Å². The molecule has 0 aliphatic rings. The Kier molecular flexibility index (Phi) is 4.98. The van der Waals surface area contributed by atoms with Crippen molar-refractivity contribution in [2.24, 2.45) is 0 Å². The maximum absolute atomic E-state index is 10.6. The summed E-state index contributed by atoms with van der Waals surface area (Å²) < 4.78 is 28.0. The Morgan fingerprint density at radius 2 is 2.10 bits per heavy atom. The third-order valence-electron chi connectivity index (χ3n) is 3.21. The molecule has 2 rings (SSSR count).